The van der Waals surface area contributed by atoms with Crippen LogP contribution in [0.2, 0.25) is 10.0 Å². The zero-order valence-electron chi connectivity index (χ0n) is 14.6. The molecule has 6 nitrogen and oxygen atoms in total. The van der Waals surface area contributed by atoms with Gasteiger partial charge in [0.25, 0.3) is 5.91 Å². The molecular weight excluding hydrogens is 391 g/mol. The number of methoxy groups -OCH3 is 2. The Morgan fingerprint density at radius 2 is 1.74 bits per heavy atom. The van der Waals surface area contributed by atoms with E-state index in [0.717, 1.165) is 5.56 Å². The van der Waals surface area contributed by atoms with E-state index in [9.17, 15) is 4.79 Å². The first-order valence-electron chi connectivity index (χ1n) is 7.92. The van der Waals surface area contributed by atoms with Crippen LogP contribution in [0.4, 0.5) is 0 Å². The molecule has 1 heterocycles. The van der Waals surface area contributed by atoms with Crippen LogP contribution >= 0.6 is 23.2 Å². The molecule has 0 aliphatic carbocycles. The first-order valence-corrected chi connectivity index (χ1v) is 8.68. The number of nitrogens with one attached hydrogen (secondary N) is 1. The van der Waals surface area contributed by atoms with Crippen LogP contribution in [-0.2, 0) is 6.54 Å². The summed E-state index contributed by atoms with van der Waals surface area (Å²) in [4.78, 5) is 12.2. The lowest BCUT2D eigenvalue weighted by molar-refractivity contribution is 0.0950. The van der Waals surface area contributed by atoms with Gasteiger partial charge in [0.05, 0.1) is 20.8 Å². The molecule has 0 atom stereocenters. The Hall–Kier alpha value is -2.70. The summed E-state index contributed by atoms with van der Waals surface area (Å²) in [6, 6.07) is 11.8. The lowest BCUT2D eigenvalue weighted by Crippen LogP contribution is -2.22. The van der Waals surface area contributed by atoms with Crippen molar-refractivity contribution in [3.63, 3.8) is 0 Å². The van der Waals surface area contributed by atoms with E-state index in [4.69, 9.17) is 37.2 Å². The zero-order valence-corrected chi connectivity index (χ0v) is 16.1. The van der Waals surface area contributed by atoms with Gasteiger partial charge >= 0.3 is 0 Å². The molecule has 1 amide bonds. The highest BCUT2D eigenvalue weighted by atomic mass is 35.5. The highest BCUT2D eigenvalue weighted by Gasteiger charge is 2.13. The molecule has 3 rings (SSSR count). The third kappa shape index (κ3) is 4.53. The number of amides is 1. The van der Waals surface area contributed by atoms with Gasteiger partial charge in [-0.2, -0.15) is 0 Å². The van der Waals surface area contributed by atoms with Crippen molar-refractivity contribution in [1.82, 2.24) is 10.5 Å². The van der Waals surface area contributed by atoms with E-state index >= 15 is 0 Å². The van der Waals surface area contributed by atoms with Crippen LogP contribution in [0.3, 0.4) is 0 Å². The maximum Gasteiger partial charge on any atom is 0.251 e. The van der Waals surface area contributed by atoms with Crippen LogP contribution in [0, 0.1) is 0 Å². The molecule has 0 bridgehead atoms. The number of nitrogens with zero attached hydrogens (tertiary/aromatic N) is 1. The van der Waals surface area contributed by atoms with E-state index in [1.54, 1.807) is 50.6 Å². The molecule has 1 N–H and O–H groups in total. The number of carbonyl (C=O) groups is 1. The minimum absolute atomic E-state index is 0.194. The average Bonchev–Trinajstić information content (AvgIpc) is 3.13. The lowest BCUT2D eigenvalue weighted by atomic mass is 10.1. The second-order valence-electron chi connectivity index (χ2n) is 5.59. The number of ether oxygens (including phenoxy) is 2. The van der Waals surface area contributed by atoms with Gasteiger partial charge in [0.15, 0.2) is 17.3 Å². The summed E-state index contributed by atoms with van der Waals surface area (Å²) < 4.78 is 15.9. The molecule has 27 heavy (non-hydrogen) atoms. The Labute approximate surface area is 166 Å². The summed E-state index contributed by atoms with van der Waals surface area (Å²) in [5.74, 6) is 1.44. The van der Waals surface area contributed by atoms with Crippen molar-refractivity contribution in [2.24, 2.45) is 0 Å². The van der Waals surface area contributed by atoms with Gasteiger partial charge in [0, 0.05) is 27.2 Å². The highest BCUT2D eigenvalue weighted by Crippen LogP contribution is 2.32. The number of aromatic nitrogens is 1. The van der Waals surface area contributed by atoms with E-state index in [-0.39, 0.29) is 12.5 Å². The van der Waals surface area contributed by atoms with Crippen molar-refractivity contribution in [2.75, 3.05) is 14.2 Å². The van der Waals surface area contributed by atoms with E-state index in [1.165, 1.54) is 0 Å². The third-order valence-electron chi connectivity index (χ3n) is 3.78. The van der Waals surface area contributed by atoms with Crippen LogP contribution in [0.25, 0.3) is 11.3 Å². The van der Waals surface area contributed by atoms with Crippen molar-refractivity contribution in [3.8, 4) is 22.8 Å². The SMILES string of the molecule is COc1ccc(-c2cc(CNC(=O)c3cc(Cl)cc(Cl)c3)no2)cc1OC. The molecule has 140 valence electrons. The zero-order chi connectivity index (χ0) is 19.4. The average molecular weight is 407 g/mol. The maximum absolute atomic E-state index is 12.2. The second-order valence-corrected chi connectivity index (χ2v) is 6.47. The van der Waals surface area contributed by atoms with Gasteiger partial charge in [-0.3, -0.25) is 4.79 Å². The van der Waals surface area contributed by atoms with Crippen molar-refractivity contribution in [2.45, 2.75) is 6.54 Å². The van der Waals surface area contributed by atoms with E-state index in [1.807, 2.05) is 6.07 Å². The number of hydrogen-bond donors (Lipinski definition) is 1. The summed E-state index contributed by atoms with van der Waals surface area (Å²) in [6.45, 7) is 0.194. The largest absolute Gasteiger partial charge is 0.493 e. The van der Waals surface area contributed by atoms with Crippen LogP contribution in [0.5, 0.6) is 11.5 Å². The number of hydrogen-bond acceptors (Lipinski definition) is 5. The number of benzene rings is 2. The highest BCUT2D eigenvalue weighted by molar-refractivity contribution is 6.35. The Balaban J connectivity index is 1.70. The smallest absolute Gasteiger partial charge is 0.251 e. The fourth-order valence-electron chi connectivity index (χ4n) is 2.48. The molecule has 0 saturated carbocycles. The topological polar surface area (TPSA) is 73.6 Å². The molecule has 0 aliphatic rings. The normalized spacial score (nSPS) is 10.5. The van der Waals surface area contributed by atoms with Gasteiger partial charge in [-0.1, -0.05) is 28.4 Å². The first-order chi connectivity index (χ1) is 13.0. The maximum atomic E-state index is 12.2. The van der Waals surface area contributed by atoms with Crippen molar-refractivity contribution in [3.05, 3.63) is 63.8 Å². The molecule has 0 fully saturated rings. The number of carbonyl (C=O) groups excluding carboxylic acids is 1. The quantitative estimate of drug-likeness (QED) is 0.647. The van der Waals surface area contributed by atoms with Gasteiger partial charge in [-0.15, -0.1) is 0 Å². The minimum atomic E-state index is -0.310. The van der Waals surface area contributed by atoms with Gasteiger partial charge < -0.3 is 19.3 Å². The number of rotatable bonds is 6. The molecule has 0 radical (unpaired) electrons. The van der Waals surface area contributed by atoms with Crippen LogP contribution in [-0.4, -0.2) is 25.3 Å². The molecule has 0 aliphatic heterocycles. The summed E-state index contributed by atoms with van der Waals surface area (Å²) >= 11 is 11.8. The summed E-state index contributed by atoms with van der Waals surface area (Å²) in [6.07, 6.45) is 0. The molecular formula is C19H16Cl2N2O4. The van der Waals surface area contributed by atoms with E-state index in [2.05, 4.69) is 10.5 Å². The molecule has 0 spiro atoms. The minimum Gasteiger partial charge on any atom is -0.493 e. The Kier molecular flexibility index (Phi) is 5.88. The predicted octanol–water partition coefficient (Wildman–Crippen LogP) is 4.60. The molecule has 0 unspecified atom stereocenters. The fourth-order valence-corrected chi connectivity index (χ4v) is 3.00. The van der Waals surface area contributed by atoms with Crippen LogP contribution in [0.1, 0.15) is 16.1 Å². The molecule has 0 saturated heterocycles. The van der Waals surface area contributed by atoms with Crippen molar-refractivity contribution in [1.29, 1.82) is 0 Å². The summed E-state index contributed by atoms with van der Waals surface area (Å²) in [7, 11) is 3.13. The van der Waals surface area contributed by atoms with E-state index in [0.29, 0.717) is 38.6 Å². The Bertz CT molecular complexity index is 952. The molecule has 3 aromatic rings. The van der Waals surface area contributed by atoms with Gasteiger partial charge in [-0.05, 0) is 36.4 Å². The second kappa shape index (κ2) is 8.33. The third-order valence-corrected chi connectivity index (χ3v) is 4.22. The lowest BCUT2D eigenvalue weighted by Gasteiger charge is -2.07. The van der Waals surface area contributed by atoms with Gasteiger partial charge in [0.1, 0.15) is 5.69 Å². The Morgan fingerprint density at radius 3 is 2.41 bits per heavy atom. The molecule has 2 aromatic carbocycles. The first kappa shape index (κ1) is 19.1. The van der Waals surface area contributed by atoms with Gasteiger partial charge in [0.2, 0.25) is 0 Å². The van der Waals surface area contributed by atoms with Crippen molar-refractivity contribution >= 4 is 29.1 Å². The van der Waals surface area contributed by atoms with Crippen LogP contribution < -0.4 is 14.8 Å². The van der Waals surface area contributed by atoms with E-state index < -0.39 is 0 Å². The molecule has 8 heteroatoms. The Morgan fingerprint density at radius 1 is 1.04 bits per heavy atom. The van der Waals surface area contributed by atoms with Crippen molar-refractivity contribution < 1.29 is 18.8 Å². The summed E-state index contributed by atoms with van der Waals surface area (Å²) in [5, 5.41) is 7.52. The standard InChI is InChI=1S/C19H16Cl2N2O4/c1-25-16-4-3-11(7-18(16)26-2)17-9-15(23-27-17)10-22-19(24)12-5-13(20)8-14(21)6-12/h3-9H,10H2,1-2H3,(H,22,24). The fraction of sp³-hybridized carbons (Fsp3) is 0.158. The summed E-state index contributed by atoms with van der Waals surface area (Å²) in [5.41, 5.74) is 1.72. The number of halogens is 2. The molecule has 1 aromatic heterocycles. The van der Waals surface area contributed by atoms with Gasteiger partial charge in [-0.25, -0.2) is 0 Å². The monoisotopic (exact) mass is 406 g/mol. The predicted molar refractivity (Wildman–Crippen MR) is 103 cm³/mol. The van der Waals surface area contributed by atoms with Crippen LogP contribution in [0.15, 0.2) is 47.0 Å².